The zero-order valence-corrected chi connectivity index (χ0v) is 12.2. The molecule has 0 radical (unpaired) electrons. The second-order valence-electron chi connectivity index (χ2n) is 4.45. The molecule has 20 heavy (non-hydrogen) atoms. The monoisotopic (exact) mass is 297 g/mol. The van der Waals surface area contributed by atoms with Gasteiger partial charge in [-0.2, -0.15) is 0 Å². The number of thioether (sulfide) groups is 1. The van der Waals surface area contributed by atoms with Crippen molar-refractivity contribution < 1.29 is 19.8 Å². The summed E-state index contributed by atoms with van der Waals surface area (Å²) < 4.78 is 0. The lowest BCUT2D eigenvalue weighted by atomic mass is 10.2. The Hall–Kier alpha value is -1.53. The van der Waals surface area contributed by atoms with Gasteiger partial charge in [0.05, 0.1) is 5.75 Å². The zero-order chi connectivity index (χ0) is 15.0. The predicted octanol–water partition coefficient (Wildman–Crippen LogP) is 1.18. The first-order chi connectivity index (χ1) is 9.52. The van der Waals surface area contributed by atoms with Gasteiger partial charge < -0.3 is 15.5 Å². The summed E-state index contributed by atoms with van der Waals surface area (Å²) in [6, 6.07) is 6.99. The van der Waals surface area contributed by atoms with E-state index in [0.29, 0.717) is 5.75 Å². The molecule has 0 bridgehead atoms. The highest BCUT2D eigenvalue weighted by molar-refractivity contribution is 7.99. The lowest BCUT2D eigenvalue weighted by molar-refractivity contribution is -0.141. The van der Waals surface area contributed by atoms with Crippen LogP contribution >= 0.6 is 11.8 Å². The lowest BCUT2D eigenvalue weighted by Gasteiger charge is -2.12. The highest BCUT2D eigenvalue weighted by Crippen LogP contribution is 2.13. The number of carbonyl (C=O) groups excluding carboxylic acids is 1. The molecule has 1 unspecified atom stereocenters. The van der Waals surface area contributed by atoms with Gasteiger partial charge in [0.25, 0.3) is 0 Å². The van der Waals surface area contributed by atoms with E-state index < -0.39 is 12.0 Å². The van der Waals surface area contributed by atoms with Crippen LogP contribution in [0.25, 0.3) is 0 Å². The molecule has 1 atom stereocenters. The van der Waals surface area contributed by atoms with E-state index in [0.717, 1.165) is 5.56 Å². The lowest BCUT2D eigenvalue weighted by Crippen LogP contribution is -2.42. The molecule has 0 aliphatic rings. The number of carboxylic acid groups (broad SMARTS) is 1. The first-order valence-electron chi connectivity index (χ1n) is 6.29. The number of carbonyl (C=O) groups is 2. The van der Waals surface area contributed by atoms with Gasteiger partial charge in [-0.3, -0.25) is 4.79 Å². The number of carboxylic acids is 1. The maximum atomic E-state index is 11.6. The first kappa shape index (κ1) is 16.5. The summed E-state index contributed by atoms with van der Waals surface area (Å²) in [6.07, 6.45) is 0.0175. The van der Waals surface area contributed by atoms with Crippen molar-refractivity contribution in [2.24, 2.45) is 0 Å². The normalized spacial score (nSPS) is 11.9. The number of aliphatic hydroxyl groups is 1. The number of amides is 1. The van der Waals surface area contributed by atoms with Gasteiger partial charge in [-0.1, -0.05) is 29.8 Å². The molecule has 1 aromatic carbocycles. The fourth-order valence-corrected chi connectivity index (χ4v) is 2.47. The Kier molecular flexibility index (Phi) is 7.11. The van der Waals surface area contributed by atoms with E-state index in [2.05, 4.69) is 11.4 Å². The van der Waals surface area contributed by atoms with Crippen LogP contribution in [-0.4, -0.2) is 40.5 Å². The number of benzene rings is 1. The van der Waals surface area contributed by atoms with Crippen LogP contribution in [0, 0.1) is 6.92 Å². The number of rotatable bonds is 8. The summed E-state index contributed by atoms with van der Waals surface area (Å²) in [5, 5.41) is 20.0. The molecule has 0 spiro atoms. The van der Waals surface area contributed by atoms with E-state index in [1.807, 2.05) is 25.1 Å². The van der Waals surface area contributed by atoms with Gasteiger partial charge in [0.1, 0.15) is 6.04 Å². The van der Waals surface area contributed by atoms with Gasteiger partial charge in [-0.05, 0) is 12.5 Å². The topological polar surface area (TPSA) is 86.6 Å². The number of hydrogen-bond donors (Lipinski definition) is 3. The molecule has 3 N–H and O–H groups in total. The number of hydrogen-bond acceptors (Lipinski definition) is 4. The van der Waals surface area contributed by atoms with Gasteiger partial charge in [0.2, 0.25) is 5.91 Å². The maximum Gasteiger partial charge on any atom is 0.326 e. The van der Waals surface area contributed by atoms with Crippen molar-refractivity contribution >= 4 is 23.6 Å². The highest BCUT2D eigenvalue weighted by atomic mass is 32.2. The Morgan fingerprint density at radius 3 is 2.75 bits per heavy atom. The standard InChI is InChI=1S/C14H19NO4S/c1-10-3-2-4-11(7-10)8-20-9-13(17)15-12(5-6-16)14(18)19/h2-4,7,12,16H,5-6,8-9H2,1H3,(H,15,17)(H,18,19). The third-order valence-corrected chi connectivity index (χ3v) is 3.64. The Balaban J connectivity index is 2.34. The predicted molar refractivity (Wildman–Crippen MR) is 78.6 cm³/mol. The fraction of sp³-hybridized carbons (Fsp3) is 0.429. The summed E-state index contributed by atoms with van der Waals surface area (Å²) in [6.45, 7) is 1.74. The molecule has 0 saturated heterocycles. The van der Waals surface area contributed by atoms with Crippen LogP contribution < -0.4 is 5.32 Å². The Bertz CT molecular complexity index is 464. The van der Waals surface area contributed by atoms with Crippen LogP contribution in [0.2, 0.25) is 0 Å². The second-order valence-corrected chi connectivity index (χ2v) is 5.44. The van der Waals surface area contributed by atoms with E-state index in [9.17, 15) is 9.59 Å². The molecule has 0 saturated carbocycles. The van der Waals surface area contributed by atoms with Crippen LogP contribution in [0.4, 0.5) is 0 Å². The Labute approximate surface area is 122 Å². The largest absolute Gasteiger partial charge is 0.480 e. The first-order valence-corrected chi connectivity index (χ1v) is 7.44. The molecule has 5 nitrogen and oxygen atoms in total. The van der Waals surface area contributed by atoms with Crippen molar-refractivity contribution in [3.63, 3.8) is 0 Å². The molecule has 110 valence electrons. The van der Waals surface area contributed by atoms with Crippen LogP contribution in [0.15, 0.2) is 24.3 Å². The molecule has 0 aromatic heterocycles. The minimum atomic E-state index is -1.13. The van der Waals surface area contributed by atoms with E-state index in [1.165, 1.54) is 17.3 Å². The molecule has 0 fully saturated rings. The number of aliphatic hydroxyl groups excluding tert-OH is 1. The Morgan fingerprint density at radius 2 is 2.15 bits per heavy atom. The van der Waals surface area contributed by atoms with Gasteiger partial charge in [-0.15, -0.1) is 11.8 Å². The van der Waals surface area contributed by atoms with Crippen LogP contribution in [0.5, 0.6) is 0 Å². The molecule has 6 heteroatoms. The third-order valence-electron chi connectivity index (χ3n) is 2.64. The van der Waals surface area contributed by atoms with Gasteiger partial charge in [-0.25, -0.2) is 4.79 Å². The molecule has 1 aromatic rings. The van der Waals surface area contributed by atoms with Crippen molar-refractivity contribution in [2.75, 3.05) is 12.4 Å². The highest BCUT2D eigenvalue weighted by Gasteiger charge is 2.18. The minimum Gasteiger partial charge on any atom is -0.480 e. The third kappa shape index (κ3) is 6.08. The summed E-state index contributed by atoms with van der Waals surface area (Å²) >= 11 is 1.43. The SMILES string of the molecule is Cc1cccc(CSCC(=O)NC(CCO)C(=O)O)c1. The van der Waals surface area contributed by atoms with Crippen molar-refractivity contribution in [1.29, 1.82) is 0 Å². The van der Waals surface area contributed by atoms with Gasteiger partial charge in [0, 0.05) is 18.8 Å². The fourth-order valence-electron chi connectivity index (χ4n) is 1.69. The zero-order valence-electron chi connectivity index (χ0n) is 11.3. The summed E-state index contributed by atoms with van der Waals surface area (Å²) in [4.78, 5) is 22.4. The van der Waals surface area contributed by atoms with Gasteiger partial charge >= 0.3 is 5.97 Å². The van der Waals surface area contributed by atoms with Crippen LogP contribution in [-0.2, 0) is 15.3 Å². The molecule has 0 heterocycles. The van der Waals surface area contributed by atoms with E-state index in [4.69, 9.17) is 10.2 Å². The second kappa shape index (κ2) is 8.60. The minimum absolute atomic E-state index is 0.0175. The van der Waals surface area contributed by atoms with E-state index >= 15 is 0 Å². The molecular weight excluding hydrogens is 278 g/mol. The van der Waals surface area contributed by atoms with Crippen molar-refractivity contribution in [2.45, 2.75) is 25.1 Å². The van der Waals surface area contributed by atoms with Crippen LogP contribution in [0.1, 0.15) is 17.5 Å². The molecule has 0 aliphatic carbocycles. The summed E-state index contributed by atoms with van der Waals surface area (Å²) in [5.41, 5.74) is 2.30. The average Bonchev–Trinajstić information content (AvgIpc) is 2.38. The number of aryl methyl sites for hydroxylation is 1. The molecular formula is C14H19NO4S. The average molecular weight is 297 g/mol. The summed E-state index contributed by atoms with van der Waals surface area (Å²) in [5.74, 6) is -0.560. The maximum absolute atomic E-state index is 11.6. The Morgan fingerprint density at radius 1 is 1.40 bits per heavy atom. The van der Waals surface area contributed by atoms with E-state index in [-0.39, 0.29) is 24.7 Å². The van der Waals surface area contributed by atoms with Crippen molar-refractivity contribution in [1.82, 2.24) is 5.32 Å². The smallest absolute Gasteiger partial charge is 0.326 e. The van der Waals surface area contributed by atoms with Crippen molar-refractivity contribution in [3.8, 4) is 0 Å². The number of aliphatic carboxylic acids is 1. The van der Waals surface area contributed by atoms with Gasteiger partial charge in [0.15, 0.2) is 0 Å². The number of nitrogens with one attached hydrogen (secondary N) is 1. The quantitative estimate of drug-likeness (QED) is 0.671. The summed E-state index contributed by atoms with van der Waals surface area (Å²) in [7, 11) is 0. The molecule has 1 amide bonds. The van der Waals surface area contributed by atoms with Crippen LogP contribution in [0.3, 0.4) is 0 Å². The van der Waals surface area contributed by atoms with E-state index in [1.54, 1.807) is 0 Å². The molecule has 1 rings (SSSR count). The van der Waals surface area contributed by atoms with Crippen molar-refractivity contribution in [3.05, 3.63) is 35.4 Å². The molecule has 0 aliphatic heterocycles.